The zero-order valence-corrected chi connectivity index (χ0v) is 13.7. The van der Waals surface area contributed by atoms with Gasteiger partial charge in [0.1, 0.15) is 11.6 Å². The monoisotopic (exact) mass is 314 g/mol. The fourth-order valence-corrected chi connectivity index (χ4v) is 2.91. The molecule has 0 aliphatic carbocycles. The summed E-state index contributed by atoms with van der Waals surface area (Å²) >= 11 is 0. The smallest absolute Gasteiger partial charge is 0.145 e. The molecular formula is C21H18N2O. The first-order valence-electron chi connectivity index (χ1n) is 7.95. The maximum Gasteiger partial charge on any atom is 0.145 e. The van der Waals surface area contributed by atoms with E-state index in [4.69, 9.17) is 9.72 Å². The van der Waals surface area contributed by atoms with Gasteiger partial charge in [0, 0.05) is 11.3 Å². The van der Waals surface area contributed by atoms with Crippen molar-refractivity contribution >= 4 is 11.0 Å². The average Bonchev–Trinajstić information content (AvgIpc) is 3.02. The number of fused-ring (bicyclic) bond motifs is 1. The Labute approximate surface area is 141 Å². The van der Waals surface area contributed by atoms with E-state index < -0.39 is 0 Å². The molecule has 0 saturated heterocycles. The summed E-state index contributed by atoms with van der Waals surface area (Å²) in [6, 6.07) is 24.8. The molecule has 4 aromatic rings. The lowest BCUT2D eigenvalue weighted by atomic mass is 10.1. The molecule has 0 spiro atoms. The Balaban J connectivity index is 1.97. The van der Waals surface area contributed by atoms with Gasteiger partial charge in [0.05, 0.1) is 18.1 Å². The van der Waals surface area contributed by atoms with Gasteiger partial charge in [-0.25, -0.2) is 4.98 Å². The van der Waals surface area contributed by atoms with E-state index in [-0.39, 0.29) is 0 Å². The number of hydrogen-bond acceptors (Lipinski definition) is 2. The van der Waals surface area contributed by atoms with Crippen molar-refractivity contribution < 1.29 is 4.74 Å². The summed E-state index contributed by atoms with van der Waals surface area (Å²) < 4.78 is 7.47. The van der Waals surface area contributed by atoms with Crippen molar-refractivity contribution in [2.24, 2.45) is 0 Å². The SMILES string of the molecule is COc1ccc(-n2c(-c3ccc(C)cc3)nc3ccccc32)cc1. The van der Waals surface area contributed by atoms with Crippen molar-refractivity contribution in [1.82, 2.24) is 9.55 Å². The molecule has 3 aromatic carbocycles. The summed E-state index contributed by atoms with van der Waals surface area (Å²) in [7, 11) is 1.68. The van der Waals surface area contributed by atoms with E-state index in [1.54, 1.807) is 7.11 Å². The molecule has 0 atom stereocenters. The summed E-state index contributed by atoms with van der Waals surface area (Å²) in [4.78, 5) is 4.86. The normalized spacial score (nSPS) is 10.9. The van der Waals surface area contributed by atoms with E-state index in [0.29, 0.717) is 0 Å². The number of aromatic nitrogens is 2. The van der Waals surface area contributed by atoms with Crippen molar-refractivity contribution in [3.8, 4) is 22.8 Å². The summed E-state index contributed by atoms with van der Waals surface area (Å²) in [5.41, 5.74) is 5.50. The van der Waals surface area contributed by atoms with Crippen LogP contribution in [0, 0.1) is 6.92 Å². The molecule has 0 N–H and O–H groups in total. The average molecular weight is 314 g/mol. The zero-order valence-electron chi connectivity index (χ0n) is 13.7. The van der Waals surface area contributed by atoms with Crippen molar-refractivity contribution in [3.63, 3.8) is 0 Å². The molecule has 0 radical (unpaired) electrons. The highest BCUT2D eigenvalue weighted by molar-refractivity contribution is 5.83. The molecule has 0 bridgehead atoms. The number of methoxy groups -OCH3 is 1. The number of rotatable bonds is 3. The van der Waals surface area contributed by atoms with Gasteiger partial charge in [-0.2, -0.15) is 0 Å². The van der Waals surface area contributed by atoms with Crippen molar-refractivity contribution in [3.05, 3.63) is 78.4 Å². The van der Waals surface area contributed by atoms with Crippen LogP contribution < -0.4 is 4.74 Å². The van der Waals surface area contributed by atoms with E-state index in [1.165, 1.54) is 5.56 Å². The number of hydrogen-bond donors (Lipinski definition) is 0. The van der Waals surface area contributed by atoms with Gasteiger partial charge in [-0.15, -0.1) is 0 Å². The molecule has 24 heavy (non-hydrogen) atoms. The summed E-state index contributed by atoms with van der Waals surface area (Å²) in [6.07, 6.45) is 0. The van der Waals surface area contributed by atoms with Gasteiger partial charge >= 0.3 is 0 Å². The van der Waals surface area contributed by atoms with Crippen molar-refractivity contribution in [2.75, 3.05) is 7.11 Å². The van der Waals surface area contributed by atoms with Gasteiger partial charge in [-0.3, -0.25) is 4.57 Å². The number of nitrogens with zero attached hydrogens (tertiary/aromatic N) is 2. The number of aryl methyl sites for hydroxylation is 1. The second kappa shape index (κ2) is 5.85. The minimum absolute atomic E-state index is 0.847. The third-order valence-electron chi connectivity index (χ3n) is 4.20. The Hall–Kier alpha value is -3.07. The second-order valence-corrected chi connectivity index (χ2v) is 5.82. The maximum atomic E-state index is 5.28. The topological polar surface area (TPSA) is 27.1 Å². The van der Waals surface area contributed by atoms with Crippen LogP contribution in [-0.4, -0.2) is 16.7 Å². The molecule has 4 rings (SSSR count). The Morgan fingerprint density at radius 2 is 1.54 bits per heavy atom. The molecule has 0 aliphatic rings. The molecule has 118 valence electrons. The summed E-state index contributed by atoms with van der Waals surface area (Å²) in [6.45, 7) is 2.09. The number of benzene rings is 3. The standard InChI is InChI=1S/C21H18N2O/c1-15-7-9-16(10-8-15)21-22-19-5-3-4-6-20(19)23(21)17-11-13-18(24-2)14-12-17/h3-14H,1-2H3. The van der Waals surface area contributed by atoms with Crippen LogP contribution in [0.3, 0.4) is 0 Å². The molecule has 0 fully saturated rings. The number of ether oxygens (including phenoxy) is 1. The quantitative estimate of drug-likeness (QED) is 0.531. The minimum Gasteiger partial charge on any atom is -0.497 e. The molecule has 1 aromatic heterocycles. The first-order valence-corrected chi connectivity index (χ1v) is 7.95. The molecule has 0 amide bonds. The van der Waals surface area contributed by atoms with E-state index in [0.717, 1.165) is 33.9 Å². The third kappa shape index (κ3) is 2.44. The van der Waals surface area contributed by atoms with Crippen LogP contribution in [0.15, 0.2) is 72.8 Å². The van der Waals surface area contributed by atoms with E-state index in [9.17, 15) is 0 Å². The van der Waals surface area contributed by atoms with Crippen LogP contribution in [0.1, 0.15) is 5.56 Å². The van der Waals surface area contributed by atoms with E-state index >= 15 is 0 Å². The van der Waals surface area contributed by atoms with Crippen LogP contribution in [0.25, 0.3) is 28.1 Å². The second-order valence-electron chi connectivity index (χ2n) is 5.82. The maximum absolute atomic E-state index is 5.28. The lowest BCUT2D eigenvalue weighted by Gasteiger charge is -2.10. The van der Waals surface area contributed by atoms with Crippen LogP contribution in [0.2, 0.25) is 0 Å². The Kier molecular flexibility index (Phi) is 3.54. The molecular weight excluding hydrogens is 296 g/mol. The van der Waals surface area contributed by atoms with Crippen LogP contribution >= 0.6 is 0 Å². The first kappa shape index (κ1) is 14.5. The summed E-state index contributed by atoms with van der Waals surface area (Å²) in [5.74, 6) is 1.79. The predicted octanol–water partition coefficient (Wildman–Crippen LogP) is 5.01. The molecule has 0 saturated carbocycles. The zero-order chi connectivity index (χ0) is 16.5. The molecule has 3 nitrogen and oxygen atoms in total. The highest BCUT2D eigenvalue weighted by Gasteiger charge is 2.13. The number of imidazole rings is 1. The lowest BCUT2D eigenvalue weighted by Crippen LogP contribution is -1.97. The van der Waals surface area contributed by atoms with Gasteiger partial charge in [-0.05, 0) is 43.3 Å². The Morgan fingerprint density at radius 3 is 2.25 bits per heavy atom. The van der Waals surface area contributed by atoms with Gasteiger partial charge in [0.2, 0.25) is 0 Å². The predicted molar refractivity (Wildman–Crippen MR) is 97.8 cm³/mol. The molecule has 3 heteroatoms. The Morgan fingerprint density at radius 1 is 0.833 bits per heavy atom. The summed E-state index contributed by atoms with van der Waals surface area (Å²) in [5, 5.41) is 0. The first-order chi connectivity index (χ1) is 11.8. The van der Waals surface area contributed by atoms with E-state index in [2.05, 4.69) is 54.0 Å². The minimum atomic E-state index is 0.847. The highest BCUT2D eigenvalue weighted by Crippen LogP contribution is 2.29. The van der Waals surface area contributed by atoms with E-state index in [1.807, 2.05) is 30.3 Å². The van der Waals surface area contributed by atoms with Crippen LogP contribution in [0.5, 0.6) is 5.75 Å². The Bertz CT molecular complexity index is 983. The van der Waals surface area contributed by atoms with Gasteiger partial charge in [0.25, 0.3) is 0 Å². The fraction of sp³-hybridized carbons (Fsp3) is 0.0952. The van der Waals surface area contributed by atoms with Crippen LogP contribution in [0.4, 0.5) is 0 Å². The molecule has 1 heterocycles. The lowest BCUT2D eigenvalue weighted by molar-refractivity contribution is 0.415. The van der Waals surface area contributed by atoms with Crippen molar-refractivity contribution in [2.45, 2.75) is 6.92 Å². The van der Waals surface area contributed by atoms with Gasteiger partial charge in [0.15, 0.2) is 0 Å². The molecule has 0 unspecified atom stereocenters. The fourth-order valence-electron chi connectivity index (χ4n) is 2.91. The van der Waals surface area contributed by atoms with Gasteiger partial charge in [-0.1, -0.05) is 42.0 Å². The number of para-hydroxylation sites is 2. The van der Waals surface area contributed by atoms with Crippen LogP contribution in [-0.2, 0) is 0 Å². The largest absolute Gasteiger partial charge is 0.497 e. The van der Waals surface area contributed by atoms with Gasteiger partial charge < -0.3 is 4.74 Å². The van der Waals surface area contributed by atoms with Crippen molar-refractivity contribution in [1.29, 1.82) is 0 Å². The highest BCUT2D eigenvalue weighted by atomic mass is 16.5. The molecule has 0 aliphatic heterocycles. The third-order valence-corrected chi connectivity index (χ3v) is 4.20.